The highest BCUT2D eigenvalue weighted by Crippen LogP contribution is 2.12. The molecule has 2 amide bonds. The monoisotopic (exact) mass is 271 g/mol. The highest BCUT2D eigenvalue weighted by Gasteiger charge is 2.12. The standard InChI is InChI=1S/C15H17N3O2/c1-17(10-7-14(16)19)15(20)12-5-4-6-13(11-12)18-8-2-3-9-18/h2-6,8-9,11H,7,10H2,1H3,(H2,16,19). The third kappa shape index (κ3) is 3.26. The van der Waals surface area contributed by atoms with Crippen molar-refractivity contribution in [3.8, 4) is 5.69 Å². The Morgan fingerprint density at radius 3 is 2.55 bits per heavy atom. The maximum absolute atomic E-state index is 12.2. The number of hydrogen-bond acceptors (Lipinski definition) is 2. The Balaban J connectivity index is 2.14. The molecule has 20 heavy (non-hydrogen) atoms. The van der Waals surface area contributed by atoms with Gasteiger partial charge in [0.15, 0.2) is 0 Å². The summed E-state index contributed by atoms with van der Waals surface area (Å²) in [5, 5.41) is 0. The fraction of sp³-hybridized carbons (Fsp3) is 0.200. The number of carbonyl (C=O) groups is 2. The fourth-order valence-electron chi connectivity index (χ4n) is 1.91. The van der Waals surface area contributed by atoms with E-state index in [1.165, 1.54) is 4.90 Å². The molecule has 0 radical (unpaired) electrons. The zero-order valence-corrected chi connectivity index (χ0v) is 11.3. The van der Waals surface area contributed by atoms with Crippen LogP contribution in [0.4, 0.5) is 0 Å². The molecule has 0 aliphatic carbocycles. The number of benzene rings is 1. The van der Waals surface area contributed by atoms with Gasteiger partial charge < -0.3 is 15.2 Å². The lowest BCUT2D eigenvalue weighted by Gasteiger charge is -2.16. The van der Waals surface area contributed by atoms with Gasteiger partial charge in [0.05, 0.1) is 0 Å². The molecule has 2 N–H and O–H groups in total. The van der Waals surface area contributed by atoms with Gasteiger partial charge in [0.1, 0.15) is 0 Å². The molecule has 0 aliphatic rings. The van der Waals surface area contributed by atoms with E-state index in [2.05, 4.69) is 0 Å². The molecule has 1 aromatic heterocycles. The minimum Gasteiger partial charge on any atom is -0.370 e. The molecule has 0 atom stereocenters. The lowest BCUT2D eigenvalue weighted by Crippen LogP contribution is -2.30. The first-order chi connectivity index (χ1) is 9.58. The lowest BCUT2D eigenvalue weighted by atomic mass is 10.1. The zero-order chi connectivity index (χ0) is 14.5. The number of rotatable bonds is 5. The zero-order valence-electron chi connectivity index (χ0n) is 11.3. The smallest absolute Gasteiger partial charge is 0.253 e. The number of nitrogens with two attached hydrogens (primary N) is 1. The molecule has 0 aliphatic heterocycles. The Morgan fingerprint density at radius 2 is 1.90 bits per heavy atom. The summed E-state index contributed by atoms with van der Waals surface area (Å²) in [7, 11) is 1.66. The first-order valence-electron chi connectivity index (χ1n) is 6.35. The summed E-state index contributed by atoms with van der Waals surface area (Å²) < 4.78 is 1.93. The second-order valence-corrected chi connectivity index (χ2v) is 4.58. The molecule has 0 fully saturated rings. The molecule has 0 saturated carbocycles. The summed E-state index contributed by atoms with van der Waals surface area (Å²) in [6, 6.07) is 11.2. The van der Waals surface area contributed by atoms with Crippen LogP contribution in [0.25, 0.3) is 5.69 Å². The molecule has 5 heteroatoms. The molecular weight excluding hydrogens is 254 g/mol. The maximum atomic E-state index is 12.2. The number of aromatic nitrogens is 1. The summed E-state index contributed by atoms with van der Waals surface area (Å²) in [5.41, 5.74) is 6.59. The van der Waals surface area contributed by atoms with E-state index in [1.807, 2.05) is 47.3 Å². The van der Waals surface area contributed by atoms with Crippen LogP contribution >= 0.6 is 0 Å². The van der Waals surface area contributed by atoms with Crippen LogP contribution in [0.5, 0.6) is 0 Å². The van der Waals surface area contributed by atoms with Crippen LogP contribution in [0.1, 0.15) is 16.8 Å². The van der Waals surface area contributed by atoms with Gasteiger partial charge in [-0.1, -0.05) is 6.07 Å². The van der Waals surface area contributed by atoms with Gasteiger partial charge in [-0.05, 0) is 30.3 Å². The van der Waals surface area contributed by atoms with Crippen LogP contribution in [0.3, 0.4) is 0 Å². The van der Waals surface area contributed by atoms with Crippen molar-refractivity contribution in [3.05, 3.63) is 54.4 Å². The number of primary amides is 1. The largest absolute Gasteiger partial charge is 0.370 e. The van der Waals surface area contributed by atoms with Gasteiger partial charge in [-0.25, -0.2) is 0 Å². The van der Waals surface area contributed by atoms with Gasteiger partial charge in [0.2, 0.25) is 5.91 Å². The summed E-state index contributed by atoms with van der Waals surface area (Å²) >= 11 is 0. The quantitative estimate of drug-likeness (QED) is 0.893. The molecule has 0 unspecified atom stereocenters. The first-order valence-corrected chi connectivity index (χ1v) is 6.35. The molecule has 0 spiro atoms. The third-order valence-corrected chi connectivity index (χ3v) is 3.04. The van der Waals surface area contributed by atoms with Gasteiger partial charge in [-0.2, -0.15) is 0 Å². The van der Waals surface area contributed by atoms with Crippen LogP contribution in [0.15, 0.2) is 48.8 Å². The average molecular weight is 271 g/mol. The normalized spacial score (nSPS) is 10.2. The Hall–Kier alpha value is -2.56. The predicted molar refractivity (Wildman–Crippen MR) is 76.5 cm³/mol. The summed E-state index contributed by atoms with van der Waals surface area (Å²) in [6.45, 7) is 0.321. The Kier molecular flexibility index (Phi) is 4.20. The highest BCUT2D eigenvalue weighted by atomic mass is 16.2. The Bertz CT molecular complexity index is 605. The molecule has 104 valence electrons. The van der Waals surface area contributed by atoms with Crippen LogP contribution in [0.2, 0.25) is 0 Å². The molecule has 2 rings (SSSR count). The molecule has 1 heterocycles. The average Bonchev–Trinajstić information content (AvgIpc) is 2.98. The minimum atomic E-state index is -0.411. The first kappa shape index (κ1) is 13.9. The van der Waals surface area contributed by atoms with E-state index in [1.54, 1.807) is 13.1 Å². The van der Waals surface area contributed by atoms with E-state index in [0.717, 1.165) is 5.69 Å². The molecule has 0 saturated heterocycles. The van der Waals surface area contributed by atoms with Crippen LogP contribution in [-0.2, 0) is 4.79 Å². The molecule has 0 bridgehead atoms. The van der Waals surface area contributed by atoms with Crippen molar-refractivity contribution >= 4 is 11.8 Å². The molecule has 1 aromatic carbocycles. The van der Waals surface area contributed by atoms with E-state index in [0.29, 0.717) is 12.1 Å². The topological polar surface area (TPSA) is 68.3 Å². The number of carbonyl (C=O) groups excluding carboxylic acids is 2. The van der Waals surface area contributed by atoms with E-state index >= 15 is 0 Å². The van der Waals surface area contributed by atoms with Crippen molar-refractivity contribution in [1.29, 1.82) is 0 Å². The predicted octanol–water partition coefficient (Wildman–Crippen LogP) is 1.42. The van der Waals surface area contributed by atoms with E-state index in [-0.39, 0.29) is 12.3 Å². The van der Waals surface area contributed by atoms with Crippen molar-refractivity contribution in [3.63, 3.8) is 0 Å². The van der Waals surface area contributed by atoms with Crippen LogP contribution in [0, 0.1) is 0 Å². The number of amides is 2. The summed E-state index contributed by atoms with van der Waals surface area (Å²) in [5.74, 6) is -0.536. The number of nitrogens with zero attached hydrogens (tertiary/aromatic N) is 2. The van der Waals surface area contributed by atoms with Crippen molar-refractivity contribution in [2.24, 2.45) is 5.73 Å². The maximum Gasteiger partial charge on any atom is 0.253 e. The molecular formula is C15H17N3O2. The van der Waals surface area contributed by atoms with Crippen LogP contribution in [-0.4, -0.2) is 34.9 Å². The van der Waals surface area contributed by atoms with Gasteiger partial charge in [0, 0.05) is 43.7 Å². The second-order valence-electron chi connectivity index (χ2n) is 4.58. The Morgan fingerprint density at radius 1 is 1.20 bits per heavy atom. The van der Waals surface area contributed by atoms with E-state index < -0.39 is 5.91 Å². The number of hydrogen-bond donors (Lipinski definition) is 1. The van der Waals surface area contributed by atoms with Gasteiger partial charge in [0.25, 0.3) is 5.91 Å². The van der Waals surface area contributed by atoms with Gasteiger partial charge >= 0.3 is 0 Å². The van der Waals surface area contributed by atoms with Crippen LogP contribution < -0.4 is 5.73 Å². The van der Waals surface area contributed by atoms with Crippen molar-refractivity contribution in [2.45, 2.75) is 6.42 Å². The fourth-order valence-corrected chi connectivity index (χ4v) is 1.91. The van der Waals surface area contributed by atoms with E-state index in [9.17, 15) is 9.59 Å². The second kappa shape index (κ2) is 6.06. The summed E-state index contributed by atoms with van der Waals surface area (Å²) in [6.07, 6.45) is 4.00. The summed E-state index contributed by atoms with van der Waals surface area (Å²) in [4.78, 5) is 24.5. The third-order valence-electron chi connectivity index (χ3n) is 3.04. The Labute approximate surface area is 117 Å². The minimum absolute atomic E-state index is 0.125. The molecule has 2 aromatic rings. The lowest BCUT2D eigenvalue weighted by molar-refractivity contribution is -0.118. The van der Waals surface area contributed by atoms with E-state index in [4.69, 9.17) is 5.73 Å². The van der Waals surface area contributed by atoms with Gasteiger partial charge in [-0.15, -0.1) is 0 Å². The van der Waals surface area contributed by atoms with Gasteiger partial charge in [-0.3, -0.25) is 9.59 Å². The highest BCUT2D eigenvalue weighted by molar-refractivity contribution is 5.94. The van der Waals surface area contributed by atoms with Crippen molar-refractivity contribution in [1.82, 2.24) is 9.47 Å². The van der Waals surface area contributed by atoms with Crippen molar-refractivity contribution in [2.75, 3.05) is 13.6 Å². The SMILES string of the molecule is CN(CCC(N)=O)C(=O)c1cccc(-n2cccc2)c1. The molecule has 5 nitrogen and oxygen atoms in total. The van der Waals surface area contributed by atoms with Crippen molar-refractivity contribution < 1.29 is 9.59 Å².